The number of benzene rings is 2. The lowest BCUT2D eigenvalue weighted by molar-refractivity contribution is -0.123. The van der Waals surface area contributed by atoms with E-state index in [1.54, 1.807) is 29.4 Å². The molecule has 0 unspecified atom stereocenters. The second-order valence-electron chi connectivity index (χ2n) is 7.38. The van der Waals surface area contributed by atoms with Crippen LogP contribution in [0.15, 0.2) is 53.4 Å². The summed E-state index contributed by atoms with van der Waals surface area (Å²) in [6, 6.07) is 14.4. The molecule has 0 saturated carbocycles. The van der Waals surface area contributed by atoms with Gasteiger partial charge in [-0.25, -0.2) is 8.42 Å². The smallest absolute Gasteiger partial charge is 0.258 e. The Morgan fingerprint density at radius 2 is 1.79 bits per heavy atom. The molecule has 1 amide bonds. The summed E-state index contributed by atoms with van der Waals surface area (Å²) >= 11 is 0. The third-order valence-electron chi connectivity index (χ3n) is 5.14. The summed E-state index contributed by atoms with van der Waals surface area (Å²) in [4.78, 5) is 12.5. The topological polar surface area (TPSA) is 75.7 Å². The molecule has 156 valence electrons. The number of nitrogens with one attached hydrogen (secondary N) is 1. The molecule has 1 atom stereocenters. The second-order valence-corrected chi connectivity index (χ2v) is 9.32. The molecule has 1 saturated heterocycles. The summed E-state index contributed by atoms with van der Waals surface area (Å²) in [6.45, 7) is 4.71. The van der Waals surface area contributed by atoms with Gasteiger partial charge in [-0.05, 0) is 56.0 Å². The van der Waals surface area contributed by atoms with Gasteiger partial charge in [-0.3, -0.25) is 4.79 Å². The summed E-state index contributed by atoms with van der Waals surface area (Å²) in [6.07, 6.45) is 2.87. The molecule has 6 nitrogen and oxygen atoms in total. The van der Waals surface area contributed by atoms with Gasteiger partial charge in [0.2, 0.25) is 10.0 Å². The van der Waals surface area contributed by atoms with E-state index < -0.39 is 10.0 Å². The van der Waals surface area contributed by atoms with E-state index in [0.717, 1.165) is 24.8 Å². The van der Waals surface area contributed by atoms with Gasteiger partial charge in [0, 0.05) is 13.1 Å². The highest BCUT2D eigenvalue weighted by molar-refractivity contribution is 7.89. The Bertz CT molecular complexity index is 939. The fraction of sp³-hybridized carbons (Fsp3) is 0.409. The zero-order valence-electron chi connectivity index (χ0n) is 16.9. The van der Waals surface area contributed by atoms with Crippen LogP contribution in [-0.4, -0.2) is 38.3 Å². The highest BCUT2D eigenvalue weighted by Crippen LogP contribution is 2.26. The quantitative estimate of drug-likeness (QED) is 0.750. The van der Waals surface area contributed by atoms with Crippen LogP contribution in [0.5, 0.6) is 5.75 Å². The summed E-state index contributed by atoms with van der Waals surface area (Å²) in [5, 5.41) is 2.90. The van der Waals surface area contributed by atoms with E-state index in [0.29, 0.717) is 24.4 Å². The molecule has 3 rings (SSSR count). The van der Waals surface area contributed by atoms with E-state index in [4.69, 9.17) is 4.74 Å². The third kappa shape index (κ3) is 5.36. The lowest BCUT2D eigenvalue weighted by Crippen LogP contribution is -2.35. The standard InChI is InChI=1S/C22H28N2O4S/c1-17-15-20(29(26,27)24-13-7-4-8-14-24)11-12-21(17)28-16-22(25)23-18(2)19-9-5-3-6-10-19/h3,5-6,9-12,15,18H,4,7-8,13-14,16H2,1-2H3,(H,23,25)/t18-/m1/s1. The first-order valence-electron chi connectivity index (χ1n) is 9.96. The van der Waals surface area contributed by atoms with E-state index in [1.165, 1.54) is 0 Å². The largest absolute Gasteiger partial charge is 0.484 e. The van der Waals surface area contributed by atoms with Gasteiger partial charge in [-0.15, -0.1) is 0 Å². The van der Waals surface area contributed by atoms with Crippen LogP contribution in [0, 0.1) is 6.92 Å². The number of hydrogen-bond donors (Lipinski definition) is 1. The predicted octanol–water partition coefficient (Wildman–Crippen LogP) is 3.43. The number of carbonyl (C=O) groups is 1. The van der Waals surface area contributed by atoms with Crippen LogP contribution >= 0.6 is 0 Å². The Kier molecular flexibility index (Phi) is 6.92. The molecule has 1 heterocycles. The number of ether oxygens (including phenoxy) is 1. The molecule has 1 N–H and O–H groups in total. The Morgan fingerprint density at radius 3 is 2.45 bits per heavy atom. The van der Waals surface area contributed by atoms with Crippen molar-refractivity contribution in [2.45, 2.75) is 44.0 Å². The van der Waals surface area contributed by atoms with Gasteiger partial charge in [0.05, 0.1) is 10.9 Å². The van der Waals surface area contributed by atoms with Gasteiger partial charge >= 0.3 is 0 Å². The van der Waals surface area contributed by atoms with Crippen LogP contribution in [0.2, 0.25) is 0 Å². The fourth-order valence-electron chi connectivity index (χ4n) is 3.45. The molecule has 0 aliphatic carbocycles. The maximum Gasteiger partial charge on any atom is 0.258 e. The van der Waals surface area contributed by atoms with Crippen molar-refractivity contribution in [3.8, 4) is 5.75 Å². The normalized spacial score (nSPS) is 16.2. The summed E-state index contributed by atoms with van der Waals surface area (Å²) in [5.41, 5.74) is 1.70. The number of aryl methyl sites for hydroxylation is 1. The van der Waals surface area contributed by atoms with E-state index in [9.17, 15) is 13.2 Å². The number of hydrogen-bond acceptors (Lipinski definition) is 4. The van der Waals surface area contributed by atoms with Crippen molar-refractivity contribution in [2.24, 2.45) is 0 Å². The third-order valence-corrected chi connectivity index (χ3v) is 7.03. The lowest BCUT2D eigenvalue weighted by Gasteiger charge is -2.26. The van der Waals surface area contributed by atoms with Gasteiger partial charge in [0.25, 0.3) is 5.91 Å². The maximum atomic E-state index is 12.8. The molecule has 2 aromatic carbocycles. The Morgan fingerprint density at radius 1 is 1.10 bits per heavy atom. The van der Waals surface area contributed by atoms with Crippen molar-refractivity contribution in [1.82, 2.24) is 9.62 Å². The minimum atomic E-state index is -3.48. The number of nitrogens with zero attached hydrogens (tertiary/aromatic N) is 1. The number of sulfonamides is 1. The summed E-state index contributed by atoms with van der Waals surface area (Å²) < 4.78 is 32.8. The van der Waals surface area contributed by atoms with Gasteiger partial charge in [-0.1, -0.05) is 36.8 Å². The molecule has 0 spiro atoms. The monoisotopic (exact) mass is 416 g/mol. The molecule has 0 aromatic heterocycles. The summed E-state index contributed by atoms with van der Waals surface area (Å²) in [5.74, 6) is 0.274. The first-order valence-corrected chi connectivity index (χ1v) is 11.4. The Balaban J connectivity index is 1.60. The van der Waals surface area contributed by atoms with Gasteiger partial charge in [0.1, 0.15) is 5.75 Å². The van der Waals surface area contributed by atoms with E-state index in [-0.39, 0.29) is 23.5 Å². The van der Waals surface area contributed by atoms with Crippen LogP contribution in [0.1, 0.15) is 43.4 Å². The highest BCUT2D eigenvalue weighted by atomic mass is 32.2. The molecule has 2 aromatic rings. The minimum absolute atomic E-state index is 0.120. The van der Waals surface area contributed by atoms with Crippen molar-refractivity contribution < 1.29 is 17.9 Å². The lowest BCUT2D eigenvalue weighted by atomic mass is 10.1. The molecule has 29 heavy (non-hydrogen) atoms. The fourth-order valence-corrected chi connectivity index (χ4v) is 5.05. The van der Waals surface area contributed by atoms with Crippen molar-refractivity contribution in [3.05, 3.63) is 59.7 Å². The van der Waals surface area contributed by atoms with Crippen molar-refractivity contribution in [3.63, 3.8) is 0 Å². The van der Waals surface area contributed by atoms with Crippen molar-refractivity contribution >= 4 is 15.9 Å². The predicted molar refractivity (Wildman–Crippen MR) is 112 cm³/mol. The molecule has 1 aliphatic rings. The van der Waals surface area contributed by atoms with E-state index >= 15 is 0 Å². The zero-order chi connectivity index (χ0) is 20.9. The molecule has 0 radical (unpaired) electrons. The SMILES string of the molecule is Cc1cc(S(=O)(=O)N2CCCCC2)ccc1OCC(=O)N[C@H](C)c1ccccc1. The number of carbonyl (C=O) groups excluding carboxylic acids is 1. The summed E-state index contributed by atoms with van der Waals surface area (Å²) in [7, 11) is -3.48. The van der Waals surface area contributed by atoms with Crippen LogP contribution in [0.4, 0.5) is 0 Å². The van der Waals surface area contributed by atoms with Crippen molar-refractivity contribution in [2.75, 3.05) is 19.7 Å². The maximum absolute atomic E-state index is 12.8. The van der Waals surface area contributed by atoms with E-state index in [2.05, 4.69) is 5.32 Å². The molecular weight excluding hydrogens is 388 g/mol. The Hall–Kier alpha value is -2.38. The van der Waals surface area contributed by atoms with Gasteiger partial charge in [-0.2, -0.15) is 4.31 Å². The average Bonchev–Trinajstić information content (AvgIpc) is 2.74. The molecule has 1 aliphatic heterocycles. The number of amides is 1. The van der Waals surface area contributed by atoms with Gasteiger partial charge in [0.15, 0.2) is 6.61 Å². The number of rotatable bonds is 7. The van der Waals surface area contributed by atoms with Crippen molar-refractivity contribution in [1.29, 1.82) is 0 Å². The first kappa shape index (κ1) is 21.3. The van der Waals surface area contributed by atoms with E-state index in [1.807, 2.05) is 37.3 Å². The Labute approximate surface area is 172 Å². The minimum Gasteiger partial charge on any atom is -0.484 e. The first-order chi connectivity index (χ1) is 13.9. The highest BCUT2D eigenvalue weighted by Gasteiger charge is 2.26. The van der Waals surface area contributed by atoms with Crippen LogP contribution in [-0.2, 0) is 14.8 Å². The van der Waals surface area contributed by atoms with Gasteiger partial charge < -0.3 is 10.1 Å². The number of piperidine rings is 1. The molecular formula is C22H28N2O4S. The molecule has 7 heteroatoms. The van der Waals surface area contributed by atoms with Crippen LogP contribution < -0.4 is 10.1 Å². The second kappa shape index (κ2) is 9.41. The van der Waals surface area contributed by atoms with Crippen LogP contribution in [0.3, 0.4) is 0 Å². The van der Waals surface area contributed by atoms with Crippen LogP contribution in [0.25, 0.3) is 0 Å². The molecule has 0 bridgehead atoms. The zero-order valence-corrected chi connectivity index (χ0v) is 17.7. The molecule has 1 fully saturated rings. The average molecular weight is 417 g/mol.